The lowest BCUT2D eigenvalue weighted by molar-refractivity contribution is 0.0566. The molecule has 0 spiro atoms. The topological polar surface area (TPSA) is 63.6 Å². The van der Waals surface area contributed by atoms with Gasteiger partial charge in [0.05, 0.1) is 18.5 Å². The van der Waals surface area contributed by atoms with Crippen LogP contribution in [0.4, 0.5) is 0 Å². The summed E-state index contributed by atoms with van der Waals surface area (Å²) in [5, 5.41) is 9.14. The van der Waals surface area contributed by atoms with E-state index in [9.17, 15) is 8.42 Å². The number of rotatable bonds is 4. The Kier molecular flexibility index (Phi) is 3.47. The summed E-state index contributed by atoms with van der Waals surface area (Å²) in [6.45, 7) is 3.22. The third-order valence-corrected chi connectivity index (χ3v) is 1.61. The van der Waals surface area contributed by atoms with Gasteiger partial charge in [0.25, 0.3) is 10.1 Å². The van der Waals surface area contributed by atoms with Crippen molar-refractivity contribution in [2.24, 2.45) is 0 Å². The molecule has 0 saturated carbocycles. The largest absolute Gasteiger partial charge is 0.390 e. The molecule has 4 nitrogen and oxygen atoms in total. The highest BCUT2D eigenvalue weighted by Gasteiger charge is 2.13. The summed E-state index contributed by atoms with van der Waals surface area (Å²) in [6, 6.07) is 0. The fraction of sp³-hybridized carbons (Fsp3) is 1.00. The predicted molar refractivity (Wildman–Crippen MR) is 41.7 cm³/mol. The molecule has 0 radical (unpaired) electrons. The molecule has 0 aliphatic carbocycles. The molecule has 0 aliphatic heterocycles. The van der Waals surface area contributed by atoms with E-state index in [1.54, 1.807) is 13.8 Å². The fourth-order valence-corrected chi connectivity index (χ4v) is 0.829. The van der Waals surface area contributed by atoms with E-state index in [4.69, 9.17) is 5.11 Å². The molecule has 0 bridgehead atoms. The van der Waals surface area contributed by atoms with Gasteiger partial charge in [-0.05, 0) is 13.8 Å². The Morgan fingerprint density at radius 1 is 1.45 bits per heavy atom. The minimum atomic E-state index is -3.36. The van der Waals surface area contributed by atoms with Crippen molar-refractivity contribution < 1.29 is 17.7 Å². The lowest BCUT2D eigenvalue weighted by Gasteiger charge is -2.15. The number of aliphatic hydroxyl groups is 1. The second kappa shape index (κ2) is 3.51. The lowest BCUT2D eigenvalue weighted by atomic mass is 10.1. The first-order chi connectivity index (χ1) is 4.71. The molecule has 0 amide bonds. The maximum atomic E-state index is 10.4. The van der Waals surface area contributed by atoms with E-state index in [1.165, 1.54) is 0 Å². The minimum Gasteiger partial charge on any atom is -0.390 e. The van der Waals surface area contributed by atoms with Crippen LogP contribution in [-0.4, -0.2) is 32.0 Å². The van der Waals surface area contributed by atoms with Crippen LogP contribution in [-0.2, 0) is 14.3 Å². The van der Waals surface area contributed by atoms with Crippen LogP contribution in [0.3, 0.4) is 0 Å². The van der Waals surface area contributed by atoms with E-state index in [2.05, 4.69) is 4.18 Å². The lowest BCUT2D eigenvalue weighted by Crippen LogP contribution is -2.21. The van der Waals surface area contributed by atoms with Crippen LogP contribution in [0.15, 0.2) is 0 Å². The van der Waals surface area contributed by atoms with Crippen molar-refractivity contribution in [1.82, 2.24) is 0 Å². The summed E-state index contributed by atoms with van der Waals surface area (Å²) in [7, 11) is -3.36. The van der Waals surface area contributed by atoms with E-state index in [0.717, 1.165) is 6.26 Å². The van der Waals surface area contributed by atoms with E-state index < -0.39 is 15.7 Å². The highest BCUT2D eigenvalue weighted by Crippen LogP contribution is 2.07. The van der Waals surface area contributed by atoms with Crippen molar-refractivity contribution >= 4 is 10.1 Å². The monoisotopic (exact) mass is 182 g/mol. The van der Waals surface area contributed by atoms with Crippen LogP contribution < -0.4 is 0 Å². The molecule has 0 aliphatic rings. The van der Waals surface area contributed by atoms with E-state index >= 15 is 0 Å². The summed E-state index contributed by atoms with van der Waals surface area (Å²) in [6.07, 6.45) is 1.29. The summed E-state index contributed by atoms with van der Waals surface area (Å²) >= 11 is 0. The highest BCUT2D eigenvalue weighted by atomic mass is 32.2. The van der Waals surface area contributed by atoms with Crippen molar-refractivity contribution in [3.63, 3.8) is 0 Å². The maximum absolute atomic E-state index is 10.4. The smallest absolute Gasteiger partial charge is 0.264 e. The van der Waals surface area contributed by atoms with Crippen LogP contribution in [0.1, 0.15) is 20.3 Å². The van der Waals surface area contributed by atoms with Gasteiger partial charge in [-0.1, -0.05) is 0 Å². The van der Waals surface area contributed by atoms with Crippen LogP contribution in [0.2, 0.25) is 0 Å². The van der Waals surface area contributed by atoms with Gasteiger partial charge in [-0.15, -0.1) is 0 Å². The molecule has 0 fully saturated rings. The van der Waals surface area contributed by atoms with Crippen molar-refractivity contribution in [3.05, 3.63) is 0 Å². The summed E-state index contributed by atoms with van der Waals surface area (Å²) in [5.74, 6) is 0. The van der Waals surface area contributed by atoms with Crippen LogP contribution in [0.5, 0.6) is 0 Å². The van der Waals surface area contributed by atoms with Gasteiger partial charge in [0.15, 0.2) is 0 Å². The first-order valence-corrected chi connectivity index (χ1v) is 5.09. The molecule has 0 aromatic rings. The molecule has 1 N–H and O–H groups in total. The summed E-state index contributed by atoms with van der Waals surface area (Å²) in [4.78, 5) is 0. The third-order valence-electron chi connectivity index (χ3n) is 1.01. The molecule has 68 valence electrons. The molecule has 0 saturated heterocycles. The fourth-order valence-electron chi connectivity index (χ4n) is 0.443. The second-order valence-electron chi connectivity index (χ2n) is 3.09. The number of hydrogen-bond donors (Lipinski definition) is 1. The van der Waals surface area contributed by atoms with E-state index in [0.29, 0.717) is 6.42 Å². The molecule has 0 heterocycles. The molecule has 0 unspecified atom stereocenters. The molecule has 0 aromatic heterocycles. The van der Waals surface area contributed by atoms with Gasteiger partial charge < -0.3 is 5.11 Å². The van der Waals surface area contributed by atoms with Crippen molar-refractivity contribution in [3.8, 4) is 0 Å². The Hall–Kier alpha value is -0.130. The molecule has 0 rings (SSSR count). The van der Waals surface area contributed by atoms with Gasteiger partial charge in [-0.3, -0.25) is 4.18 Å². The van der Waals surface area contributed by atoms with Gasteiger partial charge in [0.2, 0.25) is 0 Å². The Morgan fingerprint density at radius 3 is 2.18 bits per heavy atom. The zero-order valence-electron chi connectivity index (χ0n) is 6.99. The molecular weight excluding hydrogens is 168 g/mol. The summed E-state index contributed by atoms with van der Waals surface area (Å²) in [5.41, 5.74) is -0.870. The molecular formula is C6H14O4S. The van der Waals surface area contributed by atoms with Gasteiger partial charge in [-0.2, -0.15) is 8.42 Å². The quantitative estimate of drug-likeness (QED) is 0.627. The maximum Gasteiger partial charge on any atom is 0.264 e. The second-order valence-corrected chi connectivity index (χ2v) is 4.73. The number of hydrogen-bond acceptors (Lipinski definition) is 4. The first-order valence-electron chi connectivity index (χ1n) is 3.27. The van der Waals surface area contributed by atoms with Crippen molar-refractivity contribution in [1.29, 1.82) is 0 Å². The van der Waals surface area contributed by atoms with Gasteiger partial charge in [-0.25, -0.2) is 0 Å². The molecule has 5 heteroatoms. The highest BCUT2D eigenvalue weighted by molar-refractivity contribution is 7.85. The van der Waals surface area contributed by atoms with Gasteiger partial charge >= 0.3 is 0 Å². The standard InChI is InChI=1S/C6H14O4S/c1-6(2,7)4-5-10-11(3,8)9/h7H,4-5H2,1-3H3. The van der Waals surface area contributed by atoms with Crippen LogP contribution in [0.25, 0.3) is 0 Å². The zero-order valence-corrected chi connectivity index (χ0v) is 7.81. The predicted octanol–water partition coefficient (Wildman–Crippen LogP) is 0.124. The van der Waals surface area contributed by atoms with Crippen molar-refractivity contribution in [2.45, 2.75) is 25.9 Å². The average Bonchev–Trinajstić information content (AvgIpc) is 1.55. The molecule has 11 heavy (non-hydrogen) atoms. The van der Waals surface area contributed by atoms with Gasteiger partial charge in [0.1, 0.15) is 0 Å². The van der Waals surface area contributed by atoms with Crippen LogP contribution >= 0.6 is 0 Å². The Labute approximate surface area is 67.3 Å². The molecule has 0 aromatic carbocycles. The Bertz CT molecular complexity index is 199. The third kappa shape index (κ3) is 9.87. The average molecular weight is 182 g/mol. The minimum absolute atomic E-state index is 0.0301. The summed E-state index contributed by atoms with van der Waals surface area (Å²) < 4.78 is 25.2. The SMILES string of the molecule is CC(C)(O)CCOS(C)(=O)=O. The van der Waals surface area contributed by atoms with Gasteiger partial charge in [0, 0.05) is 6.42 Å². The Balaban J connectivity index is 3.61. The normalized spacial score (nSPS) is 13.5. The van der Waals surface area contributed by atoms with E-state index in [1.807, 2.05) is 0 Å². The van der Waals surface area contributed by atoms with E-state index in [-0.39, 0.29) is 6.61 Å². The Morgan fingerprint density at radius 2 is 1.91 bits per heavy atom. The first kappa shape index (κ1) is 10.9. The van der Waals surface area contributed by atoms with Crippen LogP contribution in [0, 0.1) is 0 Å². The zero-order chi connectivity index (χ0) is 9.12. The molecule has 0 atom stereocenters. The van der Waals surface area contributed by atoms with Crippen molar-refractivity contribution in [2.75, 3.05) is 12.9 Å².